The fourth-order valence-corrected chi connectivity index (χ4v) is 4.60. The van der Waals surface area contributed by atoms with E-state index >= 15 is 0 Å². The zero-order valence-electron chi connectivity index (χ0n) is 12.9. The second-order valence-electron chi connectivity index (χ2n) is 5.71. The highest BCUT2D eigenvalue weighted by Crippen LogP contribution is 2.29. The van der Waals surface area contributed by atoms with Gasteiger partial charge in [-0.15, -0.1) is 0 Å². The number of halogens is 1. The van der Waals surface area contributed by atoms with Gasteiger partial charge in [-0.3, -0.25) is 0 Å². The zero-order valence-corrected chi connectivity index (χ0v) is 13.7. The Kier molecular flexibility index (Phi) is 4.48. The van der Waals surface area contributed by atoms with E-state index in [0.717, 1.165) is 5.56 Å². The molecule has 1 saturated heterocycles. The van der Waals surface area contributed by atoms with E-state index in [4.69, 9.17) is 0 Å². The number of hydrogen-bond donors (Lipinski definition) is 1. The molecule has 3 rings (SSSR count). The van der Waals surface area contributed by atoms with Crippen molar-refractivity contribution >= 4 is 10.0 Å². The van der Waals surface area contributed by atoms with Crippen LogP contribution in [-0.4, -0.2) is 32.4 Å². The molecular weight excluding hydrogens is 315 g/mol. The van der Waals surface area contributed by atoms with Crippen LogP contribution in [0.1, 0.15) is 17.2 Å². The van der Waals surface area contributed by atoms with Crippen LogP contribution in [0.15, 0.2) is 53.4 Å². The van der Waals surface area contributed by atoms with E-state index in [-0.39, 0.29) is 10.7 Å². The molecule has 1 aliphatic rings. The van der Waals surface area contributed by atoms with Crippen LogP contribution in [0.2, 0.25) is 0 Å². The van der Waals surface area contributed by atoms with E-state index in [1.807, 2.05) is 13.0 Å². The molecule has 0 aliphatic carbocycles. The summed E-state index contributed by atoms with van der Waals surface area (Å²) in [6.45, 7) is 3.27. The van der Waals surface area contributed by atoms with Crippen LogP contribution < -0.4 is 5.32 Å². The number of rotatable bonds is 3. The topological polar surface area (TPSA) is 49.4 Å². The van der Waals surface area contributed by atoms with Crippen molar-refractivity contribution in [1.82, 2.24) is 9.62 Å². The third-order valence-corrected chi connectivity index (χ3v) is 5.93. The Morgan fingerprint density at radius 3 is 2.70 bits per heavy atom. The number of aryl methyl sites for hydroxylation is 1. The molecule has 0 bridgehead atoms. The van der Waals surface area contributed by atoms with Gasteiger partial charge in [0, 0.05) is 19.6 Å². The number of hydrogen-bond acceptors (Lipinski definition) is 3. The first-order valence-corrected chi connectivity index (χ1v) is 8.97. The normalized spacial score (nSPS) is 19.7. The van der Waals surface area contributed by atoms with Gasteiger partial charge in [0.05, 0.1) is 10.9 Å². The van der Waals surface area contributed by atoms with Crippen LogP contribution in [0.5, 0.6) is 0 Å². The molecule has 1 unspecified atom stereocenters. The van der Waals surface area contributed by atoms with Gasteiger partial charge in [0.2, 0.25) is 10.0 Å². The highest BCUT2D eigenvalue weighted by atomic mass is 32.2. The fraction of sp³-hybridized carbons (Fsp3) is 0.294. The summed E-state index contributed by atoms with van der Waals surface area (Å²) in [5.41, 5.74) is 1.55. The van der Waals surface area contributed by atoms with E-state index in [9.17, 15) is 12.8 Å². The molecule has 122 valence electrons. The number of piperazine rings is 1. The van der Waals surface area contributed by atoms with Gasteiger partial charge in [0.1, 0.15) is 5.82 Å². The minimum absolute atomic E-state index is 0.279. The molecule has 1 heterocycles. The maximum absolute atomic E-state index is 13.5. The minimum Gasteiger partial charge on any atom is -0.313 e. The second-order valence-corrected chi connectivity index (χ2v) is 7.60. The maximum atomic E-state index is 13.5. The van der Waals surface area contributed by atoms with Gasteiger partial charge in [-0.05, 0) is 42.3 Å². The summed E-state index contributed by atoms with van der Waals surface area (Å²) >= 11 is 0. The standard InChI is InChI=1S/C17H19FN2O2S/c1-13-4-2-7-16(10-13)23(21,22)20-9-8-19-12-17(20)14-5-3-6-15(18)11-14/h2-7,10-11,17,19H,8-9,12H2,1H3. The van der Waals surface area contributed by atoms with E-state index in [1.54, 1.807) is 30.3 Å². The highest BCUT2D eigenvalue weighted by molar-refractivity contribution is 7.89. The summed E-state index contributed by atoms with van der Waals surface area (Å²) in [6, 6.07) is 12.6. The predicted octanol–water partition coefficient (Wildman–Crippen LogP) is 2.47. The molecule has 2 aromatic rings. The largest absolute Gasteiger partial charge is 0.313 e. The molecule has 2 aromatic carbocycles. The number of nitrogens with one attached hydrogen (secondary N) is 1. The number of sulfonamides is 1. The Morgan fingerprint density at radius 2 is 1.96 bits per heavy atom. The third-order valence-electron chi connectivity index (χ3n) is 4.02. The van der Waals surface area contributed by atoms with Gasteiger partial charge in [0.15, 0.2) is 0 Å². The Hall–Kier alpha value is -1.76. The molecule has 0 spiro atoms. The first-order chi connectivity index (χ1) is 11.0. The summed E-state index contributed by atoms with van der Waals surface area (Å²) in [5.74, 6) is -0.360. The SMILES string of the molecule is Cc1cccc(S(=O)(=O)N2CCNCC2c2cccc(F)c2)c1. The lowest BCUT2D eigenvalue weighted by Gasteiger charge is -2.35. The van der Waals surface area contributed by atoms with Crippen molar-refractivity contribution in [3.05, 3.63) is 65.5 Å². The summed E-state index contributed by atoms with van der Waals surface area (Å²) in [4.78, 5) is 0.279. The average Bonchev–Trinajstić information content (AvgIpc) is 2.55. The molecule has 1 aliphatic heterocycles. The van der Waals surface area contributed by atoms with Crippen molar-refractivity contribution in [2.75, 3.05) is 19.6 Å². The van der Waals surface area contributed by atoms with Gasteiger partial charge in [-0.1, -0.05) is 24.3 Å². The summed E-state index contributed by atoms with van der Waals surface area (Å²) in [6.07, 6.45) is 0. The molecule has 4 nitrogen and oxygen atoms in total. The Balaban J connectivity index is 2.01. The smallest absolute Gasteiger partial charge is 0.243 e. The zero-order chi connectivity index (χ0) is 16.4. The molecule has 23 heavy (non-hydrogen) atoms. The van der Waals surface area contributed by atoms with E-state index in [1.165, 1.54) is 16.4 Å². The first-order valence-electron chi connectivity index (χ1n) is 7.53. The maximum Gasteiger partial charge on any atom is 0.243 e. The van der Waals surface area contributed by atoms with Crippen molar-refractivity contribution < 1.29 is 12.8 Å². The van der Waals surface area contributed by atoms with Crippen LogP contribution in [0.4, 0.5) is 4.39 Å². The summed E-state index contributed by atoms with van der Waals surface area (Å²) in [5, 5.41) is 3.19. The Morgan fingerprint density at radius 1 is 1.17 bits per heavy atom. The van der Waals surface area contributed by atoms with Crippen LogP contribution in [0.3, 0.4) is 0 Å². The van der Waals surface area contributed by atoms with Crippen LogP contribution in [0.25, 0.3) is 0 Å². The first kappa shape index (κ1) is 16.1. The van der Waals surface area contributed by atoms with Gasteiger partial charge in [0.25, 0.3) is 0 Å². The molecule has 0 saturated carbocycles. The molecule has 6 heteroatoms. The summed E-state index contributed by atoms with van der Waals surface area (Å²) < 4.78 is 41.0. The lowest BCUT2D eigenvalue weighted by atomic mass is 10.1. The lowest BCUT2D eigenvalue weighted by molar-refractivity contribution is 0.271. The van der Waals surface area contributed by atoms with Gasteiger partial charge >= 0.3 is 0 Å². The van der Waals surface area contributed by atoms with Gasteiger partial charge in [-0.2, -0.15) is 4.31 Å². The van der Waals surface area contributed by atoms with Crippen LogP contribution >= 0.6 is 0 Å². The van der Waals surface area contributed by atoms with Crippen molar-refractivity contribution in [2.45, 2.75) is 17.9 Å². The molecular formula is C17H19FN2O2S. The van der Waals surface area contributed by atoms with E-state index in [2.05, 4.69) is 5.32 Å². The number of benzene rings is 2. The third kappa shape index (κ3) is 3.29. The van der Waals surface area contributed by atoms with Crippen molar-refractivity contribution in [1.29, 1.82) is 0 Å². The fourth-order valence-electron chi connectivity index (χ4n) is 2.88. The van der Waals surface area contributed by atoms with Crippen LogP contribution in [-0.2, 0) is 10.0 Å². The molecule has 1 atom stereocenters. The molecule has 1 N–H and O–H groups in total. The van der Waals surface area contributed by atoms with Crippen molar-refractivity contribution in [2.24, 2.45) is 0 Å². The molecule has 0 aromatic heterocycles. The van der Waals surface area contributed by atoms with E-state index < -0.39 is 16.1 Å². The van der Waals surface area contributed by atoms with Crippen LogP contribution in [0, 0.1) is 12.7 Å². The second kappa shape index (κ2) is 6.39. The average molecular weight is 334 g/mol. The van der Waals surface area contributed by atoms with Crippen molar-refractivity contribution in [3.8, 4) is 0 Å². The Bertz CT molecular complexity index is 808. The highest BCUT2D eigenvalue weighted by Gasteiger charge is 2.34. The molecule has 1 fully saturated rings. The van der Waals surface area contributed by atoms with Gasteiger partial charge < -0.3 is 5.32 Å². The monoisotopic (exact) mass is 334 g/mol. The number of nitrogens with zero attached hydrogens (tertiary/aromatic N) is 1. The molecule has 0 radical (unpaired) electrons. The quantitative estimate of drug-likeness (QED) is 0.938. The summed E-state index contributed by atoms with van der Waals surface area (Å²) in [7, 11) is -3.62. The minimum atomic E-state index is -3.62. The van der Waals surface area contributed by atoms with Gasteiger partial charge in [-0.25, -0.2) is 12.8 Å². The van der Waals surface area contributed by atoms with E-state index in [0.29, 0.717) is 25.2 Å². The Labute approximate surface area is 136 Å². The molecule has 0 amide bonds. The predicted molar refractivity (Wildman–Crippen MR) is 87.1 cm³/mol. The lowest BCUT2D eigenvalue weighted by Crippen LogP contribution is -2.48. The van der Waals surface area contributed by atoms with Crippen molar-refractivity contribution in [3.63, 3.8) is 0 Å².